The molecule has 0 bridgehead atoms. The fourth-order valence-corrected chi connectivity index (χ4v) is 2.44. The molecule has 0 aliphatic carbocycles. The number of carbonyl (C=O) groups is 1. The number of aromatic nitrogens is 2. The average molecular weight is 341 g/mol. The summed E-state index contributed by atoms with van der Waals surface area (Å²) < 4.78 is 0. The molecule has 2 aromatic rings. The van der Waals surface area contributed by atoms with Crippen LogP contribution in [0, 0.1) is 0 Å². The number of carbonyl (C=O) groups excluding carboxylic acids is 1. The van der Waals surface area contributed by atoms with E-state index in [2.05, 4.69) is 39.3 Å². The van der Waals surface area contributed by atoms with Crippen LogP contribution < -0.4 is 10.6 Å². The molecule has 6 heteroatoms. The average Bonchev–Trinajstić information content (AvgIpc) is 2.59. The van der Waals surface area contributed by atoms with Gasteiger partial charge in [-0.1, -0.05) is 32.0 Å². The van der Waals surface area contributed by atoms with Crippen molar-refractivity contribution in [3.05, 3.63) is 47.8 Å². The van der Waals surface area contributed by atoms with E-state index in [4.69, 9.17) is 0 Å². The van der Waals surface area contributed by atoms with Gasteiger partial charge in [-0.3, -0.25) is 4.79 Å². The van der Waals surface area contributed by atoms with Gasteiger partial charge in [0.15, 0.2) is 0 Å². The summed E-state index contributed by atoms with van der Waals surface area (Å²) in [6.07, 6.45) is 4.10. The molecule has 0 saturated heterocycles. The first-order valence-electron chi connectivity index (χ1n) is 8.58. The highest BCUT2D eigenvalue weighted by Crippen LogP contribution is 2.24. The predicted octanol–water partition coefficient (Wildman–Crippen LogP) is 3.22. The van der Waals surface area contributed by atoms with E-state index in [9.17, 15) is 4.79 Å². The van der Waals surface area contributed by atoms with E-state index in [-0.39, 0.29) is 5.91 Å². The van der Waals surface area contributed by atoms with Crippen molar-refractivity contribution >= 4 is 17.5 Å². The van der Waals surface area contributed by atoms with E-state index in [1.54, 1.807) is 12.4 Å². The molecule has 0 spiro atoms. The Morgan fingerprint density at radius 3 is 2.48 bits per heavy atom. The van der Waals surface area contributed by atoms with Crippen molar-refractivity contribution in [3.63, 3.8) is 0 Å². The van der Waals surface area contributed by atoms with Gasteiger partial charge >= 0.3 is 0 Å². The number of rotatable bonds is 8. The van der Waals surface area contributed by atoms with Crippen LogP contribution in [0.1, 0.15) is 42.1 Å². The van der Waals surface area contributed by atoms with E-state index < -0.39 is 0 Å². The van der Waals surface area contributed by atoms with Crippen LogP contribution in [-0.2, 0) is 0 Å². The van der Waals surface area contributed by atoms with Crippen LogP contribution in [0.5, 0.6) is 0 Å². The number of anilines is 2. The molecule has 134 valence electrons. The summed E-state index contributed by atoms with van der Waals surface area (Å²) in [6, 6.07) is 7.83. The molecular weight excluding hydrogens is 314 g/mol. The molecule has 0 unspecified atom stereocenters. The van der Waals surface area contributed by atoms with Crippen LogP contribution in [0.3, 0.4) is 0 Å². The lowest BCUT2D eigenvalue weighted by atomic mass is 10.0. The molecule has 6 nitrogen and oxygen atoms in total. The Morgan fingerprint density at radius 2 is 1.84 bits per heavy atom. The van der Waals surface area contributed by atoms with E-state index in [1.807, 2.05) is 38.4 Å². The lowest BCUT2D eigenvalue weighted by molar-refractivity contribution is 0.102. The Kier molecular flexibility index (Phi) is 6.89. The fourth-order valence-electron chi connectivity index (χ4n) is 2.44. The van der Waals surface area contributed by atoms with E-state index >= 15 is 0 Å². The summed E-state index contributed by atoms with van der Waals surface area (Å²) >= 11 is 0. The van der Waals surface area contributed by atoms with Crippen molar-refractivity contribution < 1.29 is 4.79 Å². The predicted molar refractivity (Wildman–Crippen MR) is 102 cm³/mol. The maximum Gasteiger partial charge on any atom is 0.258 e. The van der Waals surface area contributed by atoms with Crippen LogP contribution >= 0.6 is 0 Å². The van der Waals surface area contributed by atoms with E-state index in [0.29, 0.717) is 17.4 Å². The molecular formula is C19H27N5O. The molecule has 1 aromatic carbocycles. The van der Waals surface area contributed by atoms with Gasteiger partial charge in [0.05, 0.1) is 5.56 Å². The zero-order valence-corrected chi connectivity index (χ0v) is 15.4. The van der Waals surface area contributed by atoms with Crippen molar-refractivity contribution in [1.29, 1.82) is 0 Å². The molecule has 2 rings (SSSR count). The first kappa shape index (κ1) is 18.9. The van der Waals surface area contributed by atoms with Gasteiger partial charge in [-0.15, -0.1) is 0 Å². The molecule has 0 radical (unpaired) electrons. The van der Waals surface area contributed by atoms with Gasteiger partial charge in [0, 0.05) is 24.6 Å². The van der Waals surface area contributed by atoms with Crippen LogP contribution in [0.2, 0.25) is 0 Å². The summed E-state index contributed by atoms with van der Waals surface area (Å²) in [7, 11) is 4.09. The van der Waals surface area contributed by atoms with Gasteiger partial charge in [0.1, 0.15) is 0 Å². The molecule has 0 aliphatic rings. The zero-order chi connectivity index (χ0) is 18.2. The zero-order valence-electron chi connectivity index (χ0n) is 15.4. The van der Waals surface area contributed by atoms with Gasteiger partial charge in [-0.2, -0.15) is 0 Å². The minimum Gasteiger partial charge on any atom is -0.354 e. The van der Waals surface area contributed by atoms with Crippen molar-refractivity contribution in [2.75, 3.05) is 37.8 Å². The minimum absolute atomic E-state index is 0.202. The third-order valence-corrected chi connectivity index (χ3v) is 3.81. The minimum atomic E-state index is -0.202. The Hall–Kier alpha value is -2.47. The van der Waals surface area contributed by atoms with Crippen molar-refractivity contribution in [1.82, 2.24) is 14.9 Å². The van der Waals surface area contributed by atoms with E-state index in [0.717, 1.165) is 30.8 Å². The Morgan fingerprint density at radius 1 is 1.16 bits per heavy atom. The molecule has 1 amide bonds. The molecule has 0 saturated carbocycles. The highest BCUT2D eigenvalue weighted by atomic mass is 16.1. The number of nitrogens with one attached hydrogen (secondary N) is 2. The number of nitrogens with zero attached hydrogens (tertiary/aromatic N) is 3. The molecule has 0 atom stereocenters. The summed E-state index contributed by atoms with van der Waals surface area (Å²) in [5.41, 5.74) is 2.38. The maximum atomic E-state index is 12.4. The smallest absolute Gasteiger partial charge is 0.258 e. The third-order valence-electron chi connectivity index (χ3n) is 3.81. The van der Waals surface area contributed by atoms with Crippen LogP contribution in [0.25, 0.3) is 0 Å². The molecule has 0 fully saturated rings. The number of para-hydroxylation sites is 1. The summed E-state index contributed by atoms with van der Waals surface area (Å²) in [6.45, 7) is 6.00. The van der Waals surface area contributed by atoms with Crippen LogP contribution in [0.4, 0.5) is 11.6 Å². The number of benzene rings is 1. The third kappa shape index (κ3) is 5.83. The lowest BCUT2D eigenvalue weighted by Gasteiger charge is -2.13. The first-order valence-corrected chi connectivity index (χ1v) is 8.58. The molecule has 1 heterocycles. The molecule has 2 N–H and O–H groups in total. The monoisotopic (exact) mass is 341 g/mol. The summed E-state index contributed by atoms with van der Waals surface area (Å²) in [5.74, 6) is 0.673. The second-order valence-corrected chi connectivity index (χ2v) is 6.58. The second-order valence-electron chi connectivity index (χ2n) is 6.58. The van der Waals surface area contributed by atoms with Gasteiger partial charge in [0.2, 0.25) is 5.95 Å². The van der Waals surface area contributed by atoms with Crippen LogP contribution in [0.15, 0.2) is 36.7 Å². The molecule has 0 aliphatic heterocycles. The largest absolute Gasteiger partial charge is 0.354 e. The van der Waals surface area contributed by atoms with Gasteiger partial charge in [-0.25, -0.2) is 9.97 Å². The number of hydrogen-bond acceptors (Lipinski definition) is 5. The number of hydrogen-bond donors (Lipinski definition) is 2. The van der Waals surface area contributed by atoms with Gasteiger partial charge in [-0.05, 0) is 44.6 Å². The maximum absolute atomic E-state index is 12.4. The SMILES string of the molecule is CC(C)c1ccccc1NC(=O)c1cnc(NCCCN(C)C)nc1. The summed E-state index contributed by atoms with van der Waals surface area (Å²) in [4.78, 5) is 23.0. The standard InChI is InChI=1S/C19H27N5O/c1-14(2)16-8-5-6-9-17(16)23-18(25)15-12-21-19(22-13-15)20-10-7-11-24(3)4/h5-6,8-9,12-14H,7,10-11H2,1-4H3,(H,23,25)(H,20,21,22). The topological polar surface area (TPSA) is 70.2 Å². The second kappa shape index (κ2) is 9.13. The van der Waals surface area contributed by atoms with E-state index in [1.165, 1.54) is 0 Å². The van der Waals surface area contributed by atoms with Crippen molar-refractivity contribution in [2.24, 2.45) is 0 Å². The van der Waals surface area contributed by atoms with Gasteiger partial charge < -0.3 is 15.5 Å². The highest BCUT2D eigenvalue weighted by Gasteiger charge is 2.11. The number of amides is 1. The normalized spacial score (nSPS) is 11.0. The van der Waals surface area contributed by atoms with Crippen molar-refractivity contribution in [3.8, 4) is 0 Å². The Labute approximate surface area is 149 Å². The Balaban J connectivity index is 1.94. The first-order chi connectivity index (χ1) is 12.0. The van der Waals surface area contributed by atoms with Gasteiger partial charge in [0.25, 0.3) is 5.91 Å². The molecule has 1 aromatic heterocycles. The van der Waals surface area contributed by atoms with Crippen molar-refractivity contribution in [2.45, 2.75) is 26.2 Å². The fraction of sp³-hybridized carbons (Fsp3) is 0.421. The Bertz CT molecular complexity index is 682. The molecule has 25 heavy (non-hydrogen) atoms. The quantitative estimate of drug-likeness (QED) is 0.722. The highest BCUT2D eigenvalue weighted by molar-refractivity contribution is 6.04. The summed E-state index contributed by atoms with van der Waals surface area (Å²) in [5, 5.41) is 6.11. The lowest BCUT2D eigenvalue weighted by Crippen LogP contribution is -2.17. The van der Waals surface area contributed by atoms with Crippen LogP contribution in [-0.4, -0.2) is 48.0 Å².